The second-order valence-electron chi connectivity index (χ2n) is 8.66. The molecule has 0 aliphatic carbocycles. The van der Waals surface area contributed by atoms with Crippen LogP contribution in [0.15, 0.2) is 42.5 Å². The Balaban J connectivity index is 1.28. The van der Waals surface area contributed by atoms with E-state index >= 15 is 0 Å². The number of piperidine rings is 1. The number of benzene rings is 2. The van der Waals surface area contributed by atoms with Gasteiger partial charge in [-0.25, -0.2) is 8.78 Å². The summed E-state index contributed by atoms with van der Waals surface area (Å²) in [6.07, 6.45) is 3.54. The van der Waals surface area contributed by atoms with E-state index in [1.54, 1.807) is 0 Å². The molecule has 2 aliphatic heterocycles. The Labute approximate surface area is 187 Å². The van der Waals surface area contributed by atoms with Crippen LogP contribution in [-0.4, -0.2) is 47.8 Å². The Bertz CT molecular complexity index is 967. The molecule has 2 fully saturated rings. The summed E-state index contributed by atoms with van der Waals surface area (Å²) in [4.78, 5) is 29.3. The number of hydrogen-bond donors (Lipinski definition) is 1. The lowest BCUT2D eigenvalue weighted by atomic mass is 9.95. The zero-order valence-electron chi connectivity index (χ0n) is 18.2. The molecule has 2 aromatic carbocycles. The van der Waals surface area contributed by atoms with Crippen molar-refractivity contribution in [2.45, 2.75) is 38.8 Å². The van der Waals surface area contributed by atoms with Crippen molar-refractivity contribution in [1.82, 2.24) is 15.1 Å². The lowest BCUT2D eigenvalue weighted by Crippen LogP contribution is -2.43. The number of nitrogens with one attached hydrogen (secondary N) is 1. The second kappa shape index (κ2) is 10.2. The van der Waals surface area contributed by atoms with Crippen LogP contribution in [0.5, 0.6) is 0 Å². The molecule has 170 valence electrons. The molecule has 2 aliphatic rings. The van der Waals surface area contributed by atoms with Crippen molar-refractivity contribution >= 4 is 11.8 Å². The van der Waals surface area contributed by atoms with Crippen LogP contribution in [-0.2, 0) is 17.9 Å². The van der Waals surface area contributed by atoms with Gasteiger partial charge < -0.3 is 10.2 Å². The minimum absolute atomic E-state index is 0.0129. The highest BCUT2D eigenvalue weighted by atomic mass is 19.1. The summed E-state index contributed by atoms with van der Waals surface area (Å²) < 4.78 is 27.0. The van der Waals surface area contributed by atoms with Crippen LogP contribution in [0.4, 0.5) is 8.78 Å². The number of nitrogens with zero attached hydrogens (tertiary/aromatic N) is 2. The first kappa shape index (κ1) is 22.4. The van der Waals surface area contributed by atoms with Gasteiger partial charge in [-0.05, 0) is 62.0 Å². The first-order valence-corrected chi connectivity index (χ1v) is 11.3. The fourth-order valence-corrected chi connectivity index (χ4v) is 4.57. The topological polar surface area (TPSA) is 52.7 Å². The third kappa shape index (κ3) is 5.33. The summed E-state index contributed by atoms with van der Waals surface area (Å²) in [7, 11) is 0. The molecule has 32 heavy (non-hydrogen) atoms. The quantitative estimate of drug-likeness (QED) is 0.743. The number of likely N-dealkylation sites (tertiary alicyclic amines) is 2. The SMILES string of the molecule is O=C(NCc1ccccc1CN1CCCC1)C1CCN(C(=O)c2ccc(F)cc2F)CC1. The summed E-state index contributed by atoms with van der Waals surface area (Å²) in [6, 6.07) is 11.2. The highest BCUT2D eigenvalue weighted by Crippen LogP contribution is 2.21. The molecule has 5 nitrogen and oxygen atoms in total. The summed E-state index contributed by atoms with van der Waals surface area (Å²) in [5, 5.41) is 3.06. The molecule has 2 amide bonds. The molecule has 0 bridgehead atoms. The van der Waals surface area contributed by atoms with Crippen molar-refractivity contribution in [3.8, 4) is 0 Å². The molecule has 0 radical (unpaired) electrons. The number of carbonyl (C=O) groups is 2. The van der Waals surface area contributed by atoms with E-state index < -0.39 is 17.5 Å². The molecule has 2 heterocycles. The zero-order chi connectivity index (χ0) is 22.5. The molecule has 0 aromatic heterocycles. The minimum Gasteiger partial charge on any atom is -0.352 e. The third-order valence-electron chi connectivity index (χ3n) is 6.48. The van der Waals surface area contributed by atoms with Crippen molar-refractivity contribution in [1.29, 1.82) is 0 Å². The van der Waals surface area contributed by atoms with E-state index in [1.807, 2.05) is 12.1 Å². The van der Waals surface area contributed by atoms with Crippen LogP contribution in [0.2, 0.25) is 0 Å². The van der Waals surface area contributed by atoms with E-state index in [9.17, 15) is 18.4 Å². The molecular weight excluding hydrogens is 412 g/mol. The van der Waals surface area contributed by atoms with Crippen LogP contribution in [0.3, 0.4) is 0 Å². The average Bonchev–Trinajstić information content (AvgIpc) is 3.31. The highest BCUT2D eigenvalue weighted by Gasteiger charge is 2.29. The summed E-state index contributed by atoms with van der Waals surface area (Å²) >= 11 is 0. The maximum absolute atomic E-state index is 13.9. The maximum atomic E-state index is 13.9. The minimum atomic E-state index is -0.859. The fourth-order valence-electron chi connectivity index (χ4n) is 4.57. The lowest BCUT2D eigenvalue weighted by Gasteiger charge is -2.31. The van der Waals surface area contributed by atoms with Crippen molar-refractivity contribution in [3.63, 3.8) is 0 Å². The normalized spacial score (nSPS) is 17.5. The number of amides is 2. The van der Waals surface area contributed by atoms with Gasteiger partial charge in [0.1, 0.15) is 11.6 Å². The molecule has 1 N–H and O–H groups in total. The molecule has 2 aromatic rings. The van der Waals surface area contributed by atoms with Crippen molar-refractivity contribution in [3.05, 3.63) is 70.8 Å². The summed E-state index contributed by atoms with van der Waals surface area (Å²) in [5.74, 6) is -2.22. The Morgan fingerprint density at radius 3 is 2.31 bits per heavy atom. The average molecular weight is 442 g/mol. The van der Waals surface area contributed by atoms with Gasteiger partial charge in [0.25, 0.3) is 5.91 Å². The predicted octanol–water partition coefficient (Wildman–Crippen LogP) is 3.73. The van der Waals surface area contributed by atoms with Gasteiger partial charge in [-0.15, -0.1) is 0 Å². The molecule has 2 saturated heterocycles. The Morgan fingerprint density at radius 1 is 0.938 bits per heavy atom. The van der Waals surface area contributed by atoms with Gasteiger partial charge in [-0.3, -0.25) is 14.5 Å². The molecule has 4 rings (SSSR count). The van der Waals surface area contributed by atoms with E-state index in [0.717, 1.165) is 37.3 Å². The first-order chi connectivity index (χ1) is 15.5. The lowest BCUT2D eigenvalue weighted by molar-refractivity contribution is -0.126. The van der Waals surface area contributed by atoms with Gasteiger partial charge in [0.05, 0.1) is 5.56 Å². The van der Waals surface area contributed by atoms with Gasteiger partial charge in [0.2, 0.25) is 5.91 Å². The van der Waals surface area contributed by atoms with Crippen LogP contribution >= 0.6 is 0 Å². The van der Waals surface area contributed by atoms with Crippen molar-refractivity contribution < 1.29 is 18.4 Å². The van der Waals surface area contributed by atoms with E-state index in [2.05, 4.69) is 22.3 Å². The van der Waals surface area contributed by atoms with Crippen LogP contribution in [0.1, 0.15) is 47.2 Å². The predicted molar refractivity (Wildman–Crippen MR) is 118 cm³/mol. The molecule has 7 heteroatoms. The van der Waals surface area contributed by atoms with E-state index in [1.165, 1.54) is 29.4 Å². The largest absolute Gasteiger partial charge is 0.352 e. The molecular formula is C25H29F2N3O2. The smallest absolute Gasteiger partial charge is 0.256 e. The Kier molecular flexibility index (Phi) is 7.15. The van der Waals surface area contributed by atoms with Gasteiger partial charge in [-0.1, -0.05) is 24.3 Å². The molecule has 0 saturated carbocycles. The van der Waals surface area contributed by atoms with Gasteiger partial charge in [-0.2, -0.15) is 0 Å². The Hall–Kier alpha value is -2.80. The van der Waals surface area contributed by atoms with Gasteiger partial charge in [0, 0.05) is 38.2 Å². The standard InChI is InChI=1S/C25H29F2N3O2/c26-21-7-8-22(23(27)15-21)25(32)30-13-9-18(10-14-30)24(31)28-16-19-5-1-2-6-20(19)17-29-11-3-4-12-29/h1-2,5-8,15,18H,3-4,9-14,16-17H2,(H,28,31). The monoisotopic (exact) mass is 441 g/mol. The molecule has 0 unspecified atom stereocenters. The Morgan fingerprint density at radius 2 is 1.62 bits per heavy atom. The molecule has 0 atom stereocenters. The fraction of sp³-hybridized carbons (Fsp3) is 0.440. The maximum Gasteiger partial charge on any atom is 0.256 e. The number of halogens is 2. The zero-order valence-corrected chi connectivity index (χ0v) is 18.2. The van der Waals surface area contributed by atoms with Crippen LogP contribution in [0, 0.1) is 17.6 Å². The first-order valence-electron chi connectivity index (χ1n) is 11.3. The number of rotatable bonds is 6. The van der Waals surface area contributed by atoms with Crippen molar-refractivity contribution in [2.75, 3.05) is 26.2 Å². The van der Waals surface area contributed by atoms with Gasteiger partial charge in [0.15, 0.2) is 0 Å². The number of carbonyl (C=O) groups excluding carboxylic acids is 2. The molecule has 0 spiro atoms. The second-order valence-corrected chi connectivity index (χ2v) is 8.66. The van der Waals surface area contributed by atoms with Crippen molar-refractivity contribution in [2.24, 2.45) is 5.92 Å². The summed E-state index contributed by atoms with van der Waals surface area (Å²) in [5.41, 5.74) is 2.24. The van der Waals surface area contributed by atoms with E-state index in [4.69, 9.17) is 0 Å². The number of hydrogen-bond acceptors (Lipinski definition) is 3. The highest BCUT2D eigenvalue weighted by molar-refractivity contribution is 5.94. The van der Waals surface area contributed by atoms with Gasteiger partial charge >= 0.3 is 0 Å². The van der Waals surface area contributed by atoms with E-state index in [0.29, 0.717) is 32.5 Å². The van der Waals surface area contributed by atoms with Crippen LogP contribution in [0.25, 0.3) is 0 Å². The van der Waals surface area contributed by atoms with Crippen LogP contribution < -0.4 is 5.32 Å². The van der Waals surface area contributed by atoms with E-state index in [-0.39, 0.29) is 17.4 Å². The summed E-state index contributed by atoms with van der Waals surface area (Å²) in [6.45, 7) is 4.40. The third-order valence-corrected chi connectivity index (χ3v) is 6.48.